The van der Waals surface area contributed by atoms with E-state index >= 15 is 0 Å². The molecular formula is C8H8ClN3OS. The van der Waals surface area contributed by atoms with Crippen LogP contribution in [0.25, 0.3) is 10.2 Å². The molecule has 2 aromatic rings. The zero-order chi connectivity index (χ0) is 9.71. The molecule has 1 fully saturated rings. The number of hydrogen-bond donors (Lipinski definition) is 2. The van der Waals surface area contributed by atoms with Crippen LogP contribution in [-0.2, 0) is 0 Å². The van der Waals surface area contributed by atoms with Gasteiger partial charge in [0.15, 0.2) is 10.6 Å². The fraction of sp³-hybridized carbons (Fsp3) is 0.375. The van der Waals surface area contributed by atoms with Crippen molar-refractivity contribution in [2.75, 3.05) is 5.32 Å². The van der Waals surface area contributed by atoms with Gasteiger partial charge >= 0.3 is 0 Å². The molecule has 0 saturated heterocycles. The number of halogens is 1. The number of aromatic nitrogens is 2. The zero-order valence-corrected chi connectivity index (χ0v) is 8.77. The Morgan fingerprint density at radius 3 is 3.14 bits per heavy atom. The first kappa shape index (κ1) is 8.38. The molecule has 0 bridgehead atoms. The first-order valence-electron chi connectivity index (χ1n) is 4.38. The number of rotatable bonds is 2. The summed E-state index contributed by atoms with van der Waals surface area (Å²) in [5, 5.41) is 17.6. The average Bonchev–Trinajstić information content (AvgIpc) is 2.79. The van der Waals surface area contributed by atoms with Crippen LogP contribution >= 0.6 is 22.9 Å². The molecule has 0 amide bonds. The van der Waals surface area contributed by atoms with Crippen LogP contribution in [0.15, 0.2) is 6.07 Å². The second-order valence-electron chi connectivity index (χ2n) is 3.43. The van der Waals surface area contributed by atoms with Crippen molar-refractivity contribution in [3.63, 3.8) is 0 Å². The summed E-state index contributed by atoms with van der Waals surface area (Å²) >= 11 is 7.18. The number of anilines is 1. The Kier molecular flexibility index (Phi) is 1.66. The molecule has 1 saturated carbocycles. The molecule has 0 spiro atoms. The molecule has 2 aromatic heterocycles. The zero-order valence-electron chi connectivity index (χ0n) is 7.20. The summed E-state index contributed by atoms with van der Waals surface area (Å²) in [6.45, 7) is 0. The summed E-state index contributed by atoms with van der Waals surface area (Å²) in [6.07, 6.45) is 2.36. The molecule has 4 nitrogen and oxygen atoms in total. The van der Waals surface area contributed by atoms with Gasteiger partial charge in [-0.05, 0) is 18.9 Å². The van der Waals surface area contributed by atoms with Gasteiger partial charge in [-0.1, -0.05) is 16.4 Å². The van der Waals surface area contributed by atoms with E-state index in [0.29, 0.717) is 15.2 Å². The van der Waals surface area contributed by atoms with Gasteiger partial charge < -0.3 is 10.5 Å². The molecule has 0 atom stereocenters. The van der Waals surface area contributed by atoms with Crippen LogP contribution in [0.5, 0.6) is 0 Å². The third-order valence-corrected chi connectivity index (χ3v) is 3.46. The molecule has 2 heterocycles. The van der Waals surface area contributed by atoms with Crippen LogP contribution in [0, 0.1) is 0 Å². The molecule has 14 heavy (non-hydrogen) atoms. The third kappa shape index (κ3) is 1.24. The highest BCUT2D eigenvalue weighted by Gasteiger charge is 2.24. The molecule has 2 N–H and O–H groups in total. The smallest absolute Gasteiger partial charge is 0.166 e. The van der Waals surface area contributed by atoms with Gasteiger partial charge in [-0.15, -0.1) is 16.4 Å². The maximum absolute atomic E-state index is 9.46. The second-order valence-corrected chi connectivity index (χ2v) is 5.09. The topological polar surface area (TPSA) is 50.1 Å². The van der Waals surface area contributed by atoms with E-state index in [1.54, 1.807) is 0 Å². The van der Waals surface area contributed by atoms with E-state index in [-0.39, 0.29) is 0 Å². The summed E-state index contributed by atoms with van der Waals surface area (Å²) in [4.78, 5) is 1.58. The molecule has 0 radical (unpaired) electrons. The van der Waals surface area contributed by atoms with Gasteiger partial charge in [0.25, 0.3) is 0 Å². The Balaban J connectivity index is 2.11. The van der Waals surface area contributed by atoms with Crippen molar-refractivity contribution >= 4 is 39.0 Å². The minimum atomic E-state index is 0.520. The summed E-state index contributed by atoms with van der Waals surface area (Å²) in [5.74, 6) is 0.730. The maximum atomic E-state index is 9.46. The van der Waals surface area contributed by atoms with Crippen LogP contribution in [0.4, 0.5) is 5.82 Å². The lowest BCUT2D eigenvalue weighted by Crippen LogP contribution is -2.02. The quantitative estimate of drug-likeness (QED) is 0.779. The van der Waals surface area contributed by atoms with Crippen LogP contribution in [0.3, 0.4) is 0 Å². The second kappa shape index (κ2) is 2.77. The predicted molar refractivity (Wildman–Crippen MR) is 56.4 cm³/mol. The minimum absolute atomic E-state index is 0.520. The number of thiophene rings is 1. The van der Waals surface area contributed by atoms with Crippen molar-refractivity contribution < 1.29 is 5.21 Å². The normalized spacial score (nSPS) is 16.4. The lowest BCUT2D eigenvalue weighted by Gasteiger charge is -1.97. The first-order valence-corrected chi connectivity index (χ1v) is 5.57. The standard InChI is InChI=1S/C8H8ClN3OS/c9-6-3-5-7(10-4-1-2-4)11-12(13)8(5)14-6/h3-4,13H,1-2H2,(H,10,11). The van der Waals surface area contributed by atoms with Gasteiger partial charge in [-0.25, -0.2) is 0 Å². The molecular weight excluding hydrogens is 222 g/mol. The average molecular weight is 230 g/mol. The number of nitrogens with zero attached hydrogens (tertiary/aromatic N) is 2. The maximum Gasteiger partial charge on any atom is 0.166 e. The molecule has 74 valence electrons. The van der Waals surface area contributed by atoms with E-state index in [1.165, 1.54) is 24.2 Å². The van der Waals surface area contributed by atoms with E-state index in [9.17, 15) is 5.21 Å². The molecule has 0 aliphatic heterocycles. The van der Waals surface area contributed by atoms with E-state index in [1.807, 2.05) is 6.07 Å². The number of hydrogen-bond acceptors (Lipinski definition) is 4. The summed E-state index contributed by atoms with van der Waals surface area (Å²) < 4.78 is 0.666. The van der Waals surface area contributed by atoms with Crippen molar-refractivity contribution in [2.24, 2.45) is 0 Å². The molecule has 3 rings (SSSR count). The van der Waals surface area contributed by atoms with Crippen LogP contribution in [0.2, 0.25) is 4.34 Å². The highest BCUT2D eigenvalue weighted by molar-refractivity contribution is 7.22. The first-order chi connectivity index (χ1) is 6.74. The fourth-order valence-electron chi connectivity index (χ4n) is 1.39. The molecule has 1 aliphatic carbocycles. The summed E-state index contributed by atoms with van der Waals surface area (Å²) in [6, 6.07) is 2.35. The number of nitrogens with one attached hydrogen (secondary N) is 1. The number of fused-ring (bicyclic) bond motifs is 1. The van der Waals surface area contributed by atoms with Gasteiger partial charge in [0.2, 0.25) is 0 Å². The van der Waals surface area contributed by atoms with Gasteiger partial charge in [0.05, 0.1) is 9.72 Å². The Labute approximate surface area is 89.1 Å². The van der Waals surface area contributed by atoms with Gasteiger partial charge in [0.1, 0.15) is 0 Å². The molecule has 6 heteroatoms. The lowest BCUT2D eigenvalue weighted by molar-refractivity contribution is 0.163. The Hall–Kier alpha value is -0.940. The predicted octanol–water partition coefficient (Wildman–Crippen LogP) is 2.56. The van der Waals surface area contributed by atoms with E-state index in [0.717, 1.165) is 16.0 Å². The monoisotopic (exact) mass is 229 g/mol. The van der Waals surface area contributed by atoms with Gasteiger partial charge in [-0.3, -0.25) is 0 Å². The largest absolute Gasteiger partial charge is 0.411 e. The lowest BCUT2D eigenvalue weighted by atomic mass is 10.4. The minimum Gasteiger partial charge on any atom is -0.411 e. The summed E-state index contributed by atoms with van der Waals surface area (Å²) in [5.41, 5.74) is 0. The third-order valence-electron chi connectivity index (χ3n) is 2.23. The van der Waals surface area contributed by atoms with Gasteiger partial charge in [-0.2, -0.15) is 0 Å². The Bertz CT molecular complexity index is 488. The van der Waals surface area contributed by atoms with Crippen molar-refractivity contribution in [2.45, 2.75) is 18.9 Å². The summed E-state index contributed by atoms with van der Waals surface area (Å²) in [7, 11) is 0. The van der Waals surface area contributed by atoms with Crippen LogP contribution < -0.4 is 5.32 Å². The van der Waals surface area contributed by atoms with Crippen LogP contribution in [-0.4, -0.2) is 21.2 Å². The van der Waals surface area contributed by atoms with E-state index in [2.05, 4.69) is 10.4 Å². The highest BCUT2D eigenvalue weighted by Crippen LogP contribution is 2.35. The van der Waals surface area contributed by atoms with Gasteiger partial charge in [0, 0.05) is 6.04 Å². The Morgan fingerprint density at radius 2 is 2.43 bits per heavy atom. The van der Waals surface area contributed by atoms with E-state index in [4.69, 9.17) is 11.6 Å². The molecule has 0 unspecified atom stereocenters. The van der Waals surface area contributed by atoms with Crippen molar-refractivity contribution in [3.05, 3.63) is 10.4 Å². The van der Waals surface area contributed by atoms with E-state index < -0.39 is 0 Å². The Morgan fingerprint density at radius 1 is 1.64 bits per heavy atom. The SMILES string of the molecule is On1nc(NC2CC2)c2cc(Cl)sc21. The fourth-order valence-corrected chi connectivity index (χ4v) is 2.47. The molecule has 1 aliphatic rings. The van der Waals surface area contributed by atoms with Crippen molar-refractivity contribution in [1.82, 2.24) is 9.94 Å². The highest BCUT2D eigenvalue weighted by atomic mass is 35.5. The van der Waals surface area contributed by atoms with Crippen molar-refractivity contribution in [1.29, 1.82) is 0 Å². The van der Waals surface area contributed by atoms with Crippen molar-refractivity contribution in [3.8, 4) is 0 Å². The molecule has 0 aromatic carbocycles. The van der Waals surface area contributed by atoms with Crippen LogP contribution in [0.1, 0.15) is 12.8 Å².